The fourth-order valence-corrected chi connectivity index (χ4v) is 2.05. The van der Waals surface area contributed by atoms with E-state index in [4.69, 9.17) is 16.7 Å². The zero-order valence-electron chi connectivity index (χ0n) is 11.0. The van der Waals surface area contributed by atoms with E-state index < -0.39 is 18.0 Å². The topological polar surface area (TPSA) is 87.2 Å². The minimum atomic E-state index is -1.08. The first-order valence-corrected chi connectivity index (χ1v) is 6.54. The predicted octanol–water partition coefficient (Wildman–Crippen LogP) is 1.21. The van der Waals surface area contributed by atoms with Gasteiger partial charge in [-0.2, -0.15) is 0 Å². The molecule has 1 aliphatic heterocycles. The Balaban J connectivity index is 2.12. The summed E-state index contributed by atoms with van der Waals surface area (Å²) in [6.45, 7) is -0.261. The molecule has 1 aliphatic rings. The van der Waals surface area contributed by atoms with Crippen molar-refractivity contribution < 1.29 is 24.2 Å². The molecular formula is C13H13ClN2O5. The zero-order valence-corrected chi connectivity index (χ0v) is 11.7. The van der Waals surface area contributed by atoms with Crippen LogP contribution in [0, 0.1) is 0 Å². The highest BCUT2D eigenvalue weighted by molar-refractivity contribution is 6.30. The summed E-state index contributed by atoms with van der Waals surface area (Å²) in [5.41, 5.74) is 0.530. The van der Waals surface area contributed by atoms with Crippen molar-refractivity contribution in [1.29, 1.82) is 0 Å². The van der Waals surface area contributed by atoms with Crippen LogP contribution < -0.4 is 4.90 Å². The number of rotatable bonds is 5. The summed E-state index contributed by atoms with van der Waals surface area (Å²) in [5, 5.41) is 9.45. The third kappa shape index (κ3) is 3.85. The molecule has 0 bridgehead atoms. The fourth-order valence-electron chi connectivity index (χ4n) is 1.92. The van der Waals surface area contributed by atoms with E-state index in [1.807, 2.05) is 0 Å². The lowest BCUT2D eigenvalue weighted by molar-refractivity contribution is -0.135. The lowest BCUT2D eigenvalue weighted by Crippen LogP contribution is -2.42. The normalized spacial score (nSPS) is 14.0. The Kier molecular flexibility index (Phi) is 4.64. The molecular weight excluding hydrogens is 300 g/mol. The summed E-state index contributed by atoms with van der Waals surface area (Å²) in [6.07, 6.45) is -0.702. The standard InChI is InChI=1S/C13H13ClN2O5/c14-9-1-3-10(4-2-9)15(8-12(18)19)7-11(17)16-5-6-21-13(16)20/h1-4H,5-8H2,(H,18,19). The van der Waals surface area contributed by atoms with Crippen LogP contribution in [0.25, 0.3) is 0 Å². The molecule has 2 amide bonds. The van der Waals surface area contributed by atoms with E-state index in [1.54, 1.807) is 24.3 Å². The number of hydrogen-bond donors (Lipinski definition) is 1. The first kappa shape index (κ1) is 15.1. The summed E-state index contributed by atoms with van der Waals surface area (Å²) in [4.78, 5) is 36.6. The van der Waals surface area contributed by atoms with Crippen LogP contribution in [0.5, 0.6) is 0 Å². The number of cyclic esters (lactones) is 1. The Hall–Kier alpha value is -2.28. The minimum absolute atomic E-state index is 0.157. The highest BCUT2D eigenvalue weighted by atomic mass is 35.5. The number of carboxylic acid groups (broad SMARTS) is 1. The molecule has 0 aliphatic carbocycles. The Bertz CT molecular complexity index is 560. The molecule has 1 aromatic rings. The summed E-state index contributed by atoms with van der Waals surface area (Å²) >= 11 is 5.78. The SMILES string of the molecule is O=C(O)CN(CC(=O)N1CCOC1=O)c1ccc(Cl)cc1. The average molecular weight is 313 g/mol. The van der Waals surface area contributed by atoms with Gasteiger partial charge in [0, 0.05) is 10.7 Å². The summed E-state index contributed by atoms with van der Waals surface area (Å²) in [7, 11) is 0. The van der Waals surface area contributed by atoms with Gasteiger partial charge in [-0.15, -0.1) is 0 Å². The smallest absolute Gasteiger partial charge is 0.416 e. The molecule has 2 rings (SSSR count). The van der Waals surface area contributed by atoms with Gasteiger partial charge in [-0.3, -0.25) is 9.59 Å². The molecule has 0 atom stereocenters. The summed E-state index contributed by atoms with van der Waals surface area (Å²) < 4.78 is 4.68. The molecule has 8 heteroatoms. The predicted molar refractivity (Wildman–Crippen MR) is 74.4 cm³/mol. The minimum Gasteiger partial charge on any atom is -0.480 e. The molecule has 0 spiro atoms. The van der Waals surface area contributed by atoms with Crippen molar-refractivity contribution in [2.24, 2.45) is 0 Å². The molecule has 1 N–H and O–H groups in total. The molecule has 21 heavy (non-hydrogen) atoms. The van der Waals surface area contributed by atoms with Crippen molar-refractivity contribution in [1.82, 2.24) is 4.90 Å². The van der Waals surface area contributed by atoms with Gasteiger partial charge in [-0.25, -0.2) is 9.69 Å². The molecule has 0 radical (unpaired) electrons. The van der Waals surface area contributed by atoms with Crippen molar-refractivity contribution >= 4 is 35.3 Å². The van der Waals surface area contributed by atoms with Crippen molar-refractivity contribution in [3.05, 3.63) is 29.3 Å². The Labute approximate surface area is 125 Å². The van der Waals surface area contributed by atoms with Crippen molar-refractivity contribution in [3.63, 3.8) is 0 Å². The Morgan fingerprint density at radius 2 is 1.95 bits per heavy atom. The van der Waals surface area contributed by atoms with Crippen LogP contribution in [0.2, 0.25) is 5.02 Å². The first-order valence-electron chi connectivity index (χ1n) is 6.17. The number of carbonyl (C=O) groups excluding carboxylic acids is 2. The molecule has 1 aromatic carbocycles. The van der Waals surface area contributed by atoms with Crippen LogP contribution in [0.3, 0.4) is 0 Å². The number of imide groups is 1. The van der Waals surface area contributed by atoms with Gasteiger partial charge in [0.05, 0.1) is 13.1 Å². The second-order valence-electron chi connectivity index (χ2n) is 4.39. The van der Waals surface area contributed by atoms with Crippen LogP contribution in [0.4, 0.5) is 10.5 Å². The Morgan fingerprint density at radius 3 is 2.48 bits per heavy atom. The van der Waals surface area contributed by atoms with E-state index >= 15 is 0 Å². The van der Waals surface area contributed by atoms with Crippen LogP contribution in [0.15, 0.2) is 24.3 Å². The quantitative estimate of drug-likeness (QED) is 0.879. The van der Waals surface area contributed by atoms with Crippen LogP contribution in [-0.4, -0.2) is 54.2 Å². The summed E-state index contributed by atoms with van der Waals surface area (Å²) in [6, 6.07) is 6.42. The fraction of sp³-hybridized carbons (Fsp3) is 0.308. The van der Waals surface area contributed by atoms with Gasteiger partial charge < -0.3 is 14.7 Å². The number of ether oxygens (including phenoxy) is 1. The zero-order chi connectivity index (χ0) is 15.4. The highest BCUT2D eigenvalue weighted by Gasteiger charge is 2.29. The van der Waals surface area contributed by atoms with Crippen molar-refractivity contribution in [3.8, 4) is 0 Å². The Morgan fingerprint density at radius 1 is 1.29 bits per heavy atom. The van der Waals surface area contributed by atoms with Gasteiger partial charge in [0.15, 0.2) is 0 Å². The molecule has 1 heterocycles. The maximum atomic E-state index is 12.1. The maximum Gasteiger partial charge on any atom is 0.416 e. The number of anilines is 1. The number of aliphatic carboxylic acids is 1. The summed E-state index contributed by atoms with van der Waals surface area (Å²) in [5.74, 6) is -1.59. The molecule has 7 nitrogen and oxygen atoms in total. The van der Waals surface area contributed by atoms with Gasteiger partial charge in [0.25, 0.3) is 5.91 Å². The molecule has 0 aromatic heterocycles. The van der Waals surface area contributed by atoms with E-state index in [0.29, 0.717) is 10.7 Å². The van der Waals surface area contributed by atoms with Gasteiger partial charge in [0.2, 0.25) is 0 Å². The van der Waals surface area contributed by atoms with Gasteiger partial charge >= 0.3 is 12.1 Å². The largest absolute Gasteiger partial charge is 0.480 e. The van der Waals surface area contributed by atoms with E-state index in [9.17, 15) is 14.4 Å². The lowest BCUT2D eigenvalue weighted by Gasteiger charge is -2.23. The number of carboxylic acids is 1. The van der Waals surface area contributed by atoms with Crippen molar-refractivity contribution in [2.75, 3.05) is 31.1 Å². The third-order valence-electron chi connectivity index (χ3n) is 2.91. The van der Waals surface area contributed by atoms with Gasteiger partial charge in [-0.1, -0.05) is 11.6 Å². The monoisotopic (exact) mass is 312 g/mol. The van der Waals surface area contributed by atoms with Crippen LogP contribution in [0.1, 0.15) is 0 Å². The number of hydrogen-bond acceptors (Lipinski definition) is 5. The number of carbonyl (C=O) groups is 3. The van der Waals surface area contributed by atoms with Crippen molar-refractivity contribution in [2.45, 2.75) is 0 Å². The molecule has 0 unspecified atom stereocenters. The third-order valence-corrected chi connectivity index (χ3v) is 3.16. The molecule has 0 saturated carbocycles. The van der Waals surface area contributed by atoms with Crippen LogP contribution >= 0.6 is 11.6 Å². The van der Waals surface area contributed by atoms with Gasteiger partial charge in [-0.05, 0) is 24.3 Å². The van der Waals surface area contributed by atoms with Gasteiger partial charge in [0.1, 0.15) is 13.2 Å². The molecule has 1 fully saturated rings. The second-order valence-corrected chi connectivity index (χ2v) is 4.82. The molecule has 1 saturated heterocycles. The average Bonchev–Trinajstić information content (AvgIpc) is 2.84. The highest BCUT2D eigenvalue weighted by Crippen LogP contribution is 2.18. The number of amides is 2. The van der Waals surface area contributed by atoms with E-state index in [0.717, 1.165) is 4.90 Å². The number of benzene rings is 1. The first-order chi connectivity index (χ1) is 9.97. The number of nitrogens with zero attached hydrogens (tertiary/aromatic N) is 2. The number of halogens is 1. The molecule has 112 valence electrons. The van der Waals surface area contributed by atoms with E-state index in [2.05, 4.69) is 4.74 Å². The van der Waals surface area contributed by atoms with E-state index in [1.165, 1.54) is 4.90 Å². The van der Waals surface area contributed by atoms with Crippen LogP contribution in [-0.2, 0) is 14.3 Å². The lowest BCUT2D eigenvalue weighted by atomic mass is 10.2. The van der Waals surface area contributed by atoms with E-state index in [-0.39, 0.29) is 26.2 Å². The maximum absolute atomic E-state index is 12.1. The second kappa shape index (κ2) is 6.45.